The van der Waals surface area contributed by atoms with Gasteiger partial charge in [0.15, 0.2) is 0 Å². The zero-order chi connectivity index (χ0) is 16.9. The first kappa shape index (κ1) is 15.5. The molecule has 0 aliphatic carbocycles. The number of nitrogens with zero attached hydrogens (tertiary/aromatic N) is 5. The van der Waals surface area contributed by atoms with Crippen LogP contribution in [0.3, 0.4) is 0 Å². The van der Waals surface area contributed by atoms with Gasteiger partial charge in [-0.3, -0.25) is 20.1 Å². The molecule has 0 saturated heterocycles. The van der Waals surface area contributed by atoms with Crippen LogP contribution in [0.25, 0.3) is 11.4 Å². The normalized spacial score (nSPS) is 10.4. The molecule has 8 heteroatoms. The van der Waals surface area contributed by atoms with Crippen molar-refractivity contribution in [3.63, 3.8) is 0 Å². The van der Waals surface area contributed by atoms with Crippen LogP contribution >= 0.6 is 0 Å². The summed E-state index contributed by atoms with van der Waals surface area (Å²) in [5.74, 6) is 0.517. The van der Waals surface area contributed by atoms with Crippen molar-refractivity contribution in [1.82, 2.24) is 19.9 Å². The monoisotopic (exact) mass is 323 g/mol. The van der Waals surface area contributed by atoms with E-state index in [1.54, 1.807) is 36.9 Å². The van der Waals surface area contributed by atoms with Gasteiger partial charge in [0.25, 0.3) is 5.69 Å². The smallest absolute Gasteiger partial charge is 0.269 e. The molecule has 0 aliphatic rings. The van der Waals surface area contributed by atoms with E-state index in [1.807, 2.05) is 6.92 Å². The third-order valence-corrected chi connectivity index (χ3v) is 3.14. The SMILES string of the molecule is Cc1cncc(-c2cncc(COc3ccc([N+](=O)[O-])cc3)n2)n1. The van der Waals surface area contributed by atoms with Crippen molar-refractivity contribution in [2.75, 3.05) is 0 Å². The summed E-state index contributed by atoms with van der Waals surface area (Å²) in [5, 5.41) is 10.6. The first-order valence-electron chi connectivity index (χ1n) is 7.09. The second kappa shape index (κ2) is 6.78. The van der Waals surface area contributed by atoms with Gasteiger partial charge in [-0.05, 0) is 19.1 Å². The number of rotatable bonds is 5. The van der Waals surface area contributed by atoms with Crippen molar-refractivity contribution in [2.24, 2.45) is 0 Å². The maximum atomic E-state index is 10.6. The quantitative estimate of drug-likeness (QED) is 0.525. The molecule has 0 spiro atoms. The second-order valence-corrected chi connectivity index (χ2v) is 4.98. The maximum Gasteiger partial charge on any atom is 0.269 e. The first-order valence-corrected chi connectivity index (χ1v) is 7.09. The molecule has 0 radical (unpaired) electrons. The maximum absolute atomic E-state index is 10.6. The minimum absolute atomic E-state index is 0.0159. The Hall–Kier alpha value is -3.42. The van der Waals surface area contributed by atoms with E-state index in [2.05, 4.69) is 19.9 Å². The molecule has 3 aromatic rings. The average Bonchev–Trinajstić information content (AvgIpc) is 2.60. The van der Waals surface area contributed by atoms with E-state index in [9.17, 15) is 10.1 Å². The Labute approximate surface area is 137 Å². The van der Waals surface area contributed by atoms with Gasteiger partial charge in [-0.2, -0.15) is 0 Å². The minimum atomic E-state index is -0.457. The number of non-ortho nitro benzene ring substituents is 1. The Bertz CT molecular complexity index is 868. The highest BCUT2D eigenvalue weighted by atomic mass is 16.6. The number of aryl methyl sites for hydroxylation is 1. The van der Waals surface area contributed by atoms with E-state index < -0.39 is 4.92 Å². The number of hydrogen-bond donors (Lipinski definition) is 0. The number of ether oxygens (including phenoxy) is 1. The molecule has 120 valence electrons. The molecule has 2 heterocycles. The number of aromatic nitrogens is 4. The largest absolute Gasteiger partial charge is 0.487 e. The van der Waals surface area contributed by atoms with E-state index in [0.29, 0.717) is 22.8 Å². The predicted octanol–water partition coefficient (Wildman–Crippen LogP) is 2.73. The summed E-state index contributed by atoms with van der Waals surface area (Å²) in [6, 6.07) is 5.86. The van der Waals surface area contributed by atoms with Crippen molar-refractivity contribution >= 4 is 5.69 Å². The molecule has 2 aromatic heterocycles. The van der Waals surface area contributed by atoms with E-state index in [4.69, 9.17) is 4.74 Å². The van der Waals surface area contributed by atoms with Gasteiger partial charge >= 0.3 is 0 Å². The van der Waals surface area contributed by atoms with Gasteiger partial charge in [-0.25, -0.2) is 9.97 Å². The van der Waals surface area contributed by atoms with Crippen molar-refractivity contribution in [3.05, 3.63) is 70.6 Å². The van der Waals surface area contributed by atoms with E-state index in [1.165, 1.54) is 12.1 Å². The zero-order valence-corrected chi connectivity index (χ0v) is 12.8. The first-order chi connectivity index (χ1) is 11.6. The van der Waals surface area contributed by atoms with Crippen LogP contribution < -0.4 is 4.74 Å². The molecule has 1 aromatic carbocycles. The molecular weight excluding hydrogens is 310 g/mol. The Balaban J connectivity index is 1.72. The number of benzene rings is 1. The van der Waals surface area contributed by atoms with Crippen LogP contribution in [0.5, 0.6) is 5.75 Å². The predicted molar refractivity (Wildman–Crippen MR) is 85.2 cm³/mol. The molecule has 24 heavy (non-hydrogen) atoms. The molecule has 8 nitrogen and oxygen atoms in total. The highest BCUT2D eigenvalue weighted by Crippen LogP contribution is 2.18. The standard InChI is InChI=1S/C16H13N5O3/c1-11-6-17-8-15(19-11)16-9-18-7-12(20-16)10-24-14-4-2-13(3-5-14)21(22)23/h2-9H,10H2,1H3. The van der Waals surface area contributed by atoms with Crippen molar-refractivity contribution in [3.8, 4) is 17.1 Å². The summed E-state index contributed by atoms with van der Waals surface area (Å²) < 4.78 is 5.58. The molecular formula is C16H13N5O3. The van der Waals surface area contributed by atoms with Crippen LogP contribution in [0, 0.1) is 17.0 Å². The van der Waals surface area contributed by atoms with Gasteiger partial charge in [0.1, 0.15) is 23.7 Å². The van der Waals surface area contributed by atoms with Crippen LogP contribution in [0.4, 0.5) is 5.69 Å². The Morgan fingerprint density at radius 3 is 2.33 bits per heavy atom. The van der Waals surface area contributed by atoms with Gasteiger partial charge in [0.05, 0.1) is 34.9 Å². The summed E-state index contributed by atoms with van der Waals surface area (Å²) in [6.45, 7) is 2.05. The third kappa shape index (κ3) is 3.67. The van der Waals surface area contributed by atoms with Crippen LogP contribution in [0.2, 0.25) is 0 Å². The second-order valence-electron chi connectivity index (χ2n) is 4.98. The molecule has 0 N–H and O–H groups in total. The van der Waals surface area contributed by atoms with Gasteiger partial charge in [-0.1, -0.05) is 0 Å². The van der Waals surface area contributed by atoms with Crippen LogP contribution in [-0.4, -0.2) is 24.9 Å². The number of hydrogen-bond acceptors (Lipinski definition) is 7. The highest BCUT2D eigenvalue weighted by Gasteiger charge is 2.07. The molecule has 3 rings (SSSR count). The molecule has 0 fully saturated rings. The van der Waals surface area contributed by atoms with Gasteiger partial charge in [0.2, 0.25) is 0 Å². The number of nitro groups is 1. The molecule has 0 saturated carbocycles. The van der Waals surface area contributed by atoms with Crippen molar-refractivity contribution in [1.29, 1.82) is 0 Å². The molecule has 0 unspecified atom stereocenters. The fraction of sp³-hybridized carbons (Fsp3) is 0.125. The lowest BCUT2D eigenvalue weighted by molar-refractivity contribution is -0.384. The third-order valence-electron chi connectivity index (χ3n) is 3.14. The van der Waals surface area contributed by atoms with E-state index in [-0.39, 0.29) is 12.3 Å². The summed E-state index contributed by atoms with van der Waals surface area (Å²) in [5.41, 5.74) is 2.67. The Morgan fingerprint density at radius 1 is 1.00 bits per heavy atom. The lowest BCUT2D eigenvalue weighted by Crippen LogP contribution is -2.01. The zero-order valence-electron chi connectivity index (χ0n) is 12.8. The van der Waals surface area contributed by atoms with Crippen LogP contribution in [0.1, 0.15) is 11.4 Å². The lowest BCUT2D eigenvalue weighted by atomic mass is 10.3. The van der Waals surface area contributed by atoms with E-state index in [0.717, 1.165) is 5.69 Å². The summed E-state index contributed by atoms with van der Waals surface area (Å²) >= 11 is 0. The summed E-state index contributed by atoms with van der Waals surface area (Å²) in [7, 11) is 0. The topological polar surface area (TPSA) is 104 Å². The van der Waals surface area contributed by atoms with Crippen molar-refractivity contribution < 1.29 is 9.66 Å². The van der Waals surface area contributed by atoms with E-state index >= 15 is 0 Å². The molecule has 0 bridgehead atoms. The molecule has 0 atom stereocenters. The lowest BCUT2D eigenvalue weighted by Gasteiger charge is -2.06. The van der Waals surface area contributed by atoms with Gasteiger partial charge in [-0.15, -0.1) is 0 Å². The fourth-order valence-electron chi connectivity index (χ4n) is 2.01. The van der Waals surface area contributed by atoms with Gasteiger partial charge in [0, 0.05) is 18.3 Å². The summed E-state index contributed by atoms with van der Waals surface area (Å²) in [4.78, 5) is 27.2. The van der Waals surface area contributed by atoms with Gasteiger partial charge < -0.3 is 4.74 Å². The summed E-state index contributed by atoms with van der Waals surface area (Å²) in [6.07, 6.45) is 6.49. The molecule has 0 amide bonds. The van der Waals surface area contributed by atoms with Crippen LogP contribution in [0.15, 0.2) is 49.1 Å². The Kier molecular flexibility index (Phi) is 4.37. The average molecular weight is 323 g/mol. The Morgan fingerprint density at radius 2 is 1.67 bits per heavy atom. The molecule has 0 aliphatic heterocycles. The fourth-order valence-corrected chi connectivity index (χ4v) is 2.01. The highest BCUT2D eigenvalue weighted by molar-refractivity contribution is 5.51. The van der Waals surface area contributed by atoms with Crippen molar-refractivity contribution in [2.45, 2.75) is 13.5 Å². The number of nitro benzene ring substituents is 1. The minimum Gasteiger partial charge on any atom is -0.487 e. The van der Waals surface area contributed by atoms with Crippen LogP contribution in [-0.2, 0) is 6.61 Å².